The summed E-state index contributed by atoms with van der Waals surface area (Å²) >= 11 is 0. The summed E-state index contributed by atoms with van der Waals surface area (Å²) in [6.45, 7) is 12.7. The second-order valence-electron chi connectivity index (χ2n) is 6.47. The third-order valence-electron chi connectivity index (χ3n) is 4.16. The monoisotopic (exact) mass is 280 g/mol. The zero-order valence-corrected chi connectivity index (χ0v) is 13.9. The molecule has 1 aliphatic heterocycles. The van der Waals surface area contributed by atoms with Gasteiger partial charge in [-0.05, 0) is 51.9 Å². The molecule has 0 aliphatic carbocycles. The van der Waals surface area contributed by atoms with Gasteiger partial charge >= 0.3 is 0 Å². The van der Waals surface area contributed by atoms with Crippen LogP contribution in [0.15, 0.2) is 23.3 Å². The highest BCUT2D eigenvalue weighted by Gasteiger charge is 2.21. The minimum absolute atomic E-state index is 0.0372. The molecule has 0 N–H and O–H groups in total. The summed E-state index contributed by atoms with van der Waals surface area (Å²) in [4.78, 5) is 0. The van der Waals surface area contributed by atoms with E-state index in [1.807, 2.05) is 0 Å². The first-order valence-electron chi connectivity index (χ1n) is 8.01. The van der Waals surface area contributed by atoms with Gasteiger partial charge in [0.05, 0.1) is 13.2 Å². The Labute approximate surface area is 125 Å². The van der Waals surface area contributed by atoms with E-state index >= 15 is 0 Å². The summed E-state index contributed by atoms with van der Waals surface area (Å²) in [7, 11) is 0. The molecule has 2 nitrogen and oxygen atoms in total. The quantitative estimate of drug-likeness (QED) is 0.576. The molecule has 0 aromatic carbocycles. The van der Waals surface area contributed by atoms with E-state index in [0.717, 1.165) is 26.1 Å². The molecule has 0 bridgehead atoms. The van der Waals surface area contributed by atoms with Crippen LogP contribution in [0.25, 0.3) is 0 Å². The molecule has 1 aliphatic rings. The molecule has 1 saturated heterocycles. The fraction of sp³-hybridized carbons (Fsp3) is 0.778. The SMILES string of the molecule is CC(C)=CCC/C(C)=C/C[C@@H](C)[C@@H](C)CC1OCCO1. The molecule has 1 rings (SSSR count). The van der Waals surface area contributed by atoms with Gasteiger partial charge in [0, 0.05) is 6.42 Å². The van der Waals surface area contributed by atoms with Crippen molar-refractivity contribution in [3.63, 3.8) is 0 Å². The van der Waals surface area contributed by atoms with Crippen LogP contribution in [0.4, 0.5) is 0 Å². The summed E-state index contributed by atoms with van der Waals surface area (Å²) < 4.78 is 11.1. The highest BCUT2D eigenvalue weighted by Crippen LogP contribution is 2.24. The largest absolute Gasteiger partial charge is 0.350 e. The first kappa shape index (κ1) is 17.5. The zero-order valence-electron chi connectivity index (χ0n) is 13.9. The third-order valence-corrected chi connectivity index (χ3v) is 4.16. The molecule has 0 radical (unpaired) electrons. The molecule has 1 fully saturated rings. The van der Waals surface area contributed by atoms with Crippen molar-refractivity contribution in [2.75, 3.05) is 13.2 Å². The Kier molecular flexibility index (Phi) is 8.16. The van der Waals surface area contributed by atoms with Crippen LogP contribution in [0.3, 0.4) is 0 Å². The van der Waals surface area contributed by atoms with Gasteiger partial charge in [0.15, 0.2) is 6.29 Å². The lowest BCUT2D eigenvalue weighted by Gasteiger charge is -2.21. The minimum atomic E-state index is 0.0372. The number of hydrogen-bond donors (Lipinski definition) is 0. The first-order chi connectivity index (χ1) is 9.49. The van der Waals surface area contributed by atoms with Gasteiger partial charge in [0.2, 0.25) is 0 Å². The van der Waals surface area contributed by atoms with Crippen LogP contribution in [-0.2, 0) is 9.47 Å². The Morgan fingerprint density at radius 2 is 1.70 bits per heavy atom. The Balaban J connectivity index is 2.25. The van der Waals surface area contributed by atoms with E-state index in [2.05, 4.69) is 46.8 Å². The highest BCUT2D eigenvalue weighted by atomic mass is 16.7. The average molecular weight is 280 g/mol. The Morgan fingerprint density at radius 3 is 2.30 bits per heavy atom. The lowest BCUT2D eigenvalue weighted by molar-refractivity contribution is -0.0594. The lowest BCUT2D eigenvalue weighted by atomic mass is 9.89. The van der Waals surface area contributed by atoms with Crippen molar-refractivity contribution in [3.05, 3.63) is 23.3 Å². The molecule has 0 aromatic heterocycles. The summed E-state index contributed by atoms with van der Waals surface area (Å²) in [5.74, 6) is 1.32. The maximum Gasteiger partial charge on any atom is 0.158 e. The smallest absolute Gasteiger partial charge is 0.158 e. The van der Waals surface area contributed by atoms with Crippen LogP contribution >= 0.6 is 0 Å². The predicted molar refractivity (Wildman–Crippen MR) is 85.7 cm³/mol. The molecule has 0 saturated carbocycles. The molecule has 2 atom stereocenters. The van der Waals surface area contributed by atoms with E-state index in [0.29, 0.717) is 11.8 Å². The van der Waals surface area contributed by atoms with Gasteiger partial charge < -0.3 is 9.47 Å². The molecule has 0 aromatic rings. The van der Waals surface area contributed by atoms with Crippen LogP contribution in [0.1, 0.15) is 60.3 Å². The van der Waals surface area contributed by atoms with Crippen molar-refractivity contribution >= 4 is 0 Å². The van der Waals surface area contributed by atoms with E-state index in [-0.39, 0.29) is 6.29 Å². The van der Waals surface area contributed by atoms with Gasteiger partial charge in [0.25, 0.3) is 0 Å². The van der Waals surface area contributed by atoms with Crippen LogP contribution in [0.2, 0.25) is 0 Å². The highest BCUT2D eigenvalue weighted by molar-refractivity contribution is 5.02. The maximum atomic E-state index is 5.53. The first-order valence-corrected chi connectivity index (χ1v) is 8.01. The predicted octanol–water partition coefficient (Wildman–Crippen LogP) is 5.10. The second kappa shape index (κ2) is 9.36. The van der Waals surface area contributed by atoms with Crippen molar-refractivity contribution in [3.8, 4) is 0 Å². The van der Waals surface area contributed by atoms with E-state index < -0.39 is 0 Å². The van der Waals surface area contributed by atoms with Crippen LogP contribution in [0.5, 0.6) is 0 Å². The molecule has 20 heavy (non-hydrogen) atoms. The lowest BCUT2D eigenvalue weighted by Crippen LogP contribution is -2.17. The fourth-order valence-electron chi connectivity index (χ4n) is 2.39. The summed E-state index contributed by atoms with van der Waals surface area (Å²) in [6, 6.07) is 0. The van der Waals surface area contributed by atoms with E-state index in [1.165, 1.54) is 24.0 Å². The fourth-order valence-corrected chi connectivity index (χ4v) is 2.39. The maximum absolute atomic E-state index is 5.53. The van der Waals surface area contributed by atoms with Gasteiger partial charge in [-0.2, -0.15) is 0 Å². The second-order valence-corrected chi connectivity index (χ2v) is 6.47. The summed E-state index contributed by atoms with van der Waals surface area (Å²) in [5.41, 5.74) is 2.92. The van der Waals surface area contributed by atoms with Gasteiger partial charge in [-0.25, -0.2) is 0 Å². The topological polar surface area (TPSA) is 18.5 Å². The summed E-state index contributed by atoms with van der Waals surface area (Å²) in [6.07, 6.45) is 9.30. The summed E-state index contributed by atoms with van der Waals surface area (Å²) in [5, 5.41) is 0. The normalized spacial score (nSPS) is 19.9. The van der Waals surface area contributed by atoms with Crippen LogP contribution in [-0.4, -0.2) is 19.5 Å². The van der Waals surface area contributed by atoms with Crippen molar-refractivity contribution < 1.29 is 9.47 Å². The Hall–Kier alpha value is -0.600. The van der Waals surface area contributed by atoms with Crippen LogP contribution < -0.4 is 0 Å². The van der Waals surface area contributed by atoms with E-state index in [4.69, 9.17) is 9.47 Å². The van der Waals surface area contributed by atoms with Crippen molar-refractivity contribution in [1.29, 1.82) is 0 Å². The number of rotatable bonds is 8. The van der Waals surface area contributed by atoms with Gasteiger partial charge in [0.1, 0.15) is 0 Å². The van der Waals surface area contributed by atoms with E-state index in [1.54, 1.807) is 0 Å². The molecule has 116 valence electrons. The Bertz CT molecular complexity index is 320. The molecule has 0 unspecified atom stereocenters. The molecule has 0 spiro atoms. The van der Waals surface area contributed by atoms with Gasteiger partial charge in [-0.15, -0.1) is 0 Å². The average Bonchev–Trinajstić information content (AvgIpc) is 2.88. The van der Waals surface area contributed by atoms with Crippen molar-refractivity contribution in [1.82, 2.24) is 0 Å². The Morgan fingerprint density at radius 1 is 1.05 bits per heavy atom. The molecular weight excluding hydrogens is 248 g/mol. The van der Waals surface area contributed by atoms with Gasteiger partial charge in [-0.1, -0.05) is 37.1 Å². The zero-order chi connectivity index (χ0) is 15.0. The van der Waals surface area contributed by atoms with Crippen molar-refractivity contribution in [2.24, 2.45) is 11.8 Å². The number of hydrogen-bond acceptors (Lipinski definition) is 2. The minimum Gasteiger partial charge on any atom is -0.350 e. The van der Waals surface area contributed by atoms with Crippen LogP contribution in [0, 0.1) is 11.8 Å². The number of ether oxygens (including phenoxy) is 2. The third kappa shape index (κ3) is 7.25. The molecule has 0 amide bonds. The van der Waals surface area contributed by atoms with Gasteiger partial charge in [-0.3, -0.25) is 0 Å². The van der Waals surface area contributed by atoms with Crippen molar-refractivity contribution in [2.45, 2.75) is 66.6 Å². The standard InChI is InChI=1S/C18H32O2/c1-14(2)7-6-8-15(3)9-10-16(4)17(5)13-18-19-11-12-20-18/h7,9,16-18H,6,8,10-13H2,1-5H3/b15-9+/t16-,17+/m1/s1. The number of allylic oxidation sites excluding steroid dienone is 4. The van der Waals surface area contributed by atoms with E-state index in [9.17, 15) is 0 Å². The molecule has 1 heterocycles. The molecule has 2 heteroatoms. The molecular formula is C18H32O2.